The molecule has 1 saturated heterocycles. The van der Waals surface area contributed by atoms with Crippen LogP contribution in [-0.2, 0) is 4.79 Å². The van der Waals surface area contributed by atoms with E-state index in [0.717, 1.165) is 0 Å². The molecule has 0 aliphatic carbocycles. The van der Waals surface area contributed by atoms with Crippen molar-refractivity contribution in [2.45, 2.75) is 6.04 Å². The van der Waals surface area contributed by atoms with Gasteiger partial charge < -0.3 is 15.3 Å². The maximum absolute atomic E-state index is 11.3. The molecule has 1 aromatic carbocycles. The number of rotatable bonds is 3. The molecule has 0 bridgehead atoms. The van der Waals surface area contributed by atoms with E-state index in [4.69, 9.17) is 0 Å². The first kappa shape index (κ1) is 13.2. The summed E-state index contributed by atoms with van der Waals surface area (Å²) >= 11 is 0. The number of carboxylic acid groups (broad SMARTS) is 1. The fourth-order valence-corrected chi connectivity index (χ4v) is 2.43. The second kappa shape index (κ2) is 4.98. The number of benzene rings is 1. The summed E-state index contributed by atoms with van der Waals surface area (Å²) in [4.78, 5) is 23.3. The molecule has 2 N–H and O–H groups in total. The Morgan fingerprint density at radius 2 is 2.24 bits per heavy atom. The van der Waals surface area contributed by atoms with Crippen LogP contribution in [0.4, 0.5) is 11.4 Å². The van der Waals surface area contributed by atoms with Crippen LogP contribution in [0.25, 0.3) is 11.0 Å². The average molecular weight is 293 g/mol. The van der Waals surface area contributed by atoms with Crippen molar-refractivity contribution in [2.24, 2.45) is 0 Å². The van der Waals surface area contributed by atoms with Crippen molar-refractivity contribution in [3.05, 3.63) is 22.2 Å². The number of fused-ring (bicyclic) bond motifs is 1. The Hall–Kier alpha value is -2.75. The summed E-state index contributed by atoms with van der Waals surface area (Å²) in [6.07, 6.45) is 0. The van der Waals surface area contributed by atoms with E-state index in [1.807, 2.05) is 0 Å². The number of anilines is 1. The number of carbonyl (C=O) groups is 1. The highest BCUT2D eigenvalue weighted by molar-refractivity contribution is 5.95. The van der Waals surface area contributed by atoms with E-state index in [2.05, 4.69) is 20.3 Å². The molecule has 2 aromatic rings. The van der Waals surface area contributed by atoms with Crippen LogP contribution in [0.2, 0.25) is 0 Å². The number of nitrogens with zero attached hydrogens (tertiary/aromatic N) is 4. The van der Waals surface area contributed by atoms with Crippen molar-refractivity contribution in [3.63, 3.8) is 0 Å². The molecule has 2 heterocycles. The van der Waals surface area contributed by atoms with Gasteiger partial charge in [-0.05, 0) is 16.4 Å². The number of nitro benzene ring substituents is 1. The number of piperazine rings is 1. The van der Waals surface area contributed by atoms with E-state index in [0.29, 0.717) is 18.8 Å². The molecule has 1 aliphatic heterocycles. The molecule has 0 saturated carbocycles. The van der Waals surface area contributed by atoms with E-state index in [1.54, 1.807) is 4.90 Å². The standard InChI is InChI=1S/C11H11N5O5/c17-11(18)8-5-12-3-4-15(8)6-1-2-7(16(19)20)10-9(6)13-21-14-10/h1-2,8,12H,3-5H2,(H,17,18). The number of nitrogens with one attached hydrogen (secondary N) is 1. The molecule has 110 valence electrons. The summed E-state index contributed by atoms with van der Waals surface area (Å²) in [6, 6.07) is 1.98. The highest BCUT2D eigenvalue weighted by Gasteiger charge is 2.32. The number of nitro groups is 1. The lowest BCUT2D eigenvalue weighted by Crippen LogP contribution is -2.55. The molecule has 1 fully saturated rings. The van der Waals surface area contributed by atoms with E-state index in [-0.39, 0.29) is 23.3 Å². The van der Waals surface area contributed by atoms with Crippen LogP contribution in [0.15, 0.2) is 16.8 Å². The van der Waals surface area contributed by atoms with Crippen LogP contribution < -0.4 is 10.2 Å². The van der Waals surface area contributed by atoms with Gasteiger partial charge in [0.15, 0.2) is 5.52 Å². The topological polar surface area (TPSA) is 135 Å². The average Bonchev–Trinajstić information content (AvgIpc) is 2.95. The van der Waals surface area contributed by atoms with Gasteiger partial charge in [0, 0.05) is 25.7 Å². The molecule has 0 spiro atoms. The Balaban J connectivity index is 2.12. The summed E-state index contributed by atoms with van der Waals surface area (Å²) in [6.45, 7) is 1.32. The van der Waals surface area contributed by atoms with Crippen molar-refractivity contribution in [2.75, 3.05) is 24.5 Å². The molecule has 1 unspecified atom stereocenters. The zero-order valence-corrected chi connectivity index (χ0v) is 10.7. The third-order valence-corrected chi connectivity index (χ3v) is 3.41. The Morgan fingerprint density at radius 3 is 2.95 bits per heavy atom. The van der Waals surface area contributed by atoms with Gasteiger partial charge in [0.25, 0.3) is 0 Å². The Morgan fingerprint density at radius 1 is 1.48 bits per heavy atom. The number of hydrogen-bond donors (Lipinski definition) is 2. The number of aromatic nitrogens is 2. The highest BCUT2D eigenvalue weighted by Crippen LogP contribution is 2.32. The predicted octanol–water partition coefficient (Wildman–Crippen LogP) is -0.00620. The van der Waals surface area contributed by atoms with Gasteiger partial charge in [-0.1, -0.05) is 0 Å². The van der Waals surface area contributed by atoms with Crippen LogP contribution >= 0.6 is 0 Å². The third kappa shape index (κ3) is 2.14. The zero-order valence-electron chi connectivity index (χ0n) is 10.7. The van der Waals surface area contributed by atoms with Crippen LogP contribution in [0.3, 0.4) is 0 Å². The van der Waals surface area contributed by atoms with Gasteiger partial charge in [-0.2, -0.15) is 0 Å². The first-order valence-electron chi connectivity index (χ1n) is 6.19. The lowest BCUT2D eigenvalue weighted by molar-refractivity contribution is -0.383. The normalized spacial score (nSPS) is 18.9. The minimum atomic E-state index is -0.981. The zero-order chi connectivity index (χ0) is 15.0. The molecule has 10 heteroatoms. The van der Waals surface area contributed by atoms with Gasteiger partial charge in [-0.25, -0.2) is 9.42 Å². The molecule has 10 nitrogen and oxygen atoms in total. The molecule has 1 atom stereocenters. The molecule has 0 amide bonds. The van der Waals surface area contributed by atoms with Crippen molar-refractivity contribution in [1.29, 1.82) is 0 Å². The Labute approximate surface area is 117 Å². The van der Waals surface area contributed by atoms with Gasteiger partial charge in [0.1, 0.15) is 6.04 Å². The Kier molecular flexibility index (Phi) is 3.14. The molecular weight excluding hydrogens is 282 g/mol. The van der Waals surface area contributed by atoms with E-state index < -0.39 is 16.9 Å². The highest BCUT2D eigenvalue weighted by atomic mass is 16.6. The molecule has 21 heavy (non-hydrogen) atoms. The van der Waals surface area contributed by atoms with Crippen molar-refractivity contribution in [1.82, 2.24) is 15.6 Å². The summed E-state index contributed by atoms with van der Waals surface area (Å²) in [5.41, 5.74) is 0.445. The SMILES string of the molecule is O=C(O)C1CNCCN1c1ccc([N+](=O)[O-])c2nonc12. The van der Waals surface area contributed by atoms with Crippen LogP contribution in [0, 0.1) is 10.1 Å². The van der Waals surface area contributed by atoms with Crippen LogP contribution in [0.5, 0.6) is 0 Å². The van der Waals surface area contributed by atoms with Crippen molar-refractivity contribution >= 4 is 28.4 Å². The lowest BCUT2D eigenvalue weighted by Gasteiger charge is -2.35. The van der Waals surface area contributed by atoms with E-state index in [1.165, 1.54) is 12.1 Å². The maximum Gasteiger partial charge on any atom is 0.327 e. The number of carboxylic acids is 1. The predicted molar refractivity (Wildman–Crippen MR) is 70.1 cm³/mol. The van der Waals surface area contributed by atoms with E-state index >= 15 is 0 Å². The smallest absolute Gasteiger partial charge is 0.327 e. The quantitative estimate of drug-likeness (QED) is 0.591. The second-order valence-electron chi connectivity index (χ2n) is 4.57. The van der Waals surface area contributed by atoms with Gasteiger partial charge in [0.2, 0.25) is 5.52 Å². The van der Waals surface area contributed by atoms with E-state index in [9.17, 15) is 20.0 Å². The van der Waals surface area contributed by atoms with Crippen LogP contribution in [-0.4, -0.2) is 52.0 Å². The lowest BCUT2D eigenvalue weighted by atomic mass is 10.1. The van der Waals surface area contributed by atoms with Gasteiger partial charge in [0.05, 0.1) is 10.6 Å². The Bertz CT molecular complexity index is 714. The minimum absolute atomic E-state index is 0.0140. The van der Waals surface area contributed by atoms with Crippen molar-refractivity contribution < 1.29 is 19.5 Å². The summed E-state index contributed by atoms with van der Waals surface area (Å²) in [7, 11) is 0. The molecule has 1 aliphatic rings. The van der Waals surface area contributed by atoms with Gasteiger partial charge >= 0.3 is 11.7 Å². The number of hydrogen-bond acceptors (Lipinski definition) is 8. The molecule has 0 radical (unpaired) electrons. The first-order chi connectivity index (χ1) is 10.1. The summed E-state index contributed by atoms with van der Waals surface area (Å²) < 4.78 is 4.59. The molecular formula is C11H11N5O5. The largest absolute Gasteiger partial charge is 0.480 e. The number of aliphatic carboxylic acids is 1. The second-order valence-corrected chi connectivity index (χ2v) is 4.57. The van der Waals surface area contributed by atoms with Gasteiger partial charge in [-0.15, -0.1) is 0 Å². The maximum atomic E-state index is 11.3. The molecule has 3 rings (SSSR count). The van der Waals surface area contributed by atoms with Crippen LogP contribution in [0.1, 0.15) is 0 Å². The fraction of sp³-hybridized carbons (Fsp3) is 0.364. The summed E-state index contributed by atoms with van der Waals surface area (Å²) in [5, 5.41) is 30.5. The monoisotopic (exact) mass is 293 g/mol. The first-order valence-corrected chi connectivity index (χ1v) is 6.19. The molecule has 1 aromatic heterocycles. The summed E-state index contributed by atoms with van der Waals surface area (Å²) in [5.74, 6) is -0.981. The third-order valence-electron chi connectivity index (χ3n) is 3.41. The number of non-ortho nitro benzene ring substituents is 1. The minimum Gasteiger partial charge on any atom is -0.480 e. The fourth-order valence-electron chi connectivity index (χ4n) is 2.43. The van der Waals surface area contributed by atoms with Crippen molar-refractivity contribution in [3.8, 4) is 0 Å². The van der Waals surface area contributed by atoms with Gasteiger partial charge in [-0.3, -0.25) is 10.1 Å².